The maximum atomic E-state index is 5.58. The molecule has 0 amide bonds. The van der Waals surface area contributed by atoms with Crippen LogP contribution in [0.4, 0.5) is 0 Å². The monoisotopic (exact) mass is 289 g/mol. The number of aryl methyl sites for hydroxylation is 2. The molecule has 0 unspecified atom stereocenters. The second-order valence-corrected chi connectivity index (χ2v) is 6.34. The van der Waals surface area contributed by atoms with Crippen molar-refractivity contribution < 1.29 is 0 Å². The van der Waals surface area contributed by atoms with E-state index >= 15 is 0 Å². The molecule has 1 saturated heterocycles. The van der Waals surface area contributed by atoms with Crippen molar-refractivity contribution in [2.24, 2.45) is 5.73 Å². The molecule has 0 aromatic heterocycles. The van der Waals surface area contributed by atoms with Gasteiger partial charge in [-0.05, 0) is 76.0 Å². The molecule has 0 atom stereocenters. The molecule has 1 aliphatic heterocycles. The fraction of sp³-hybridized carbons (Fsp3) is 0.667. The normalized spacial score (nSPS) is 17.9. The minimum absolute atomic E-state index is 0.826. The largest absolute Gasteiger partial charge is 0.330 e. The third-order valence-electron chi connectivity index (χ3n) is 4.64. The Labute approximate surface area is 130 Å². The van der Waals surface area contributed by atoms with Gasteiger partial charge in [-0.1, -0.05) is 18.2 Å². The summed E-state index contributed by atoms with van der Waals surface area (Å²) in [5.74, 6) is 0. The summed E-state index contributed by atoms with van der Waals surface area (Å²) >= 11 is 0. The molecular weight excluding hydrogens is 258 g/mol. The van der Waals surface area contributed by atoms with Crippen LogP contribution in [0.25, 0.3) is 0 Å². The molecule has 118 valence electrons. The first-order valence-corrected chi connectivity index (χ1v) is 8.40. The van der Waals surface area contributed by atoms with E-state index < -0.39 is 0 Å². The molecule has 2 rings (SSSR count). The summed E-state index contributed by atoms with van der Waals surface area (Å²) in [4.78, 5) is 5.23. The van der Waals surface area contributed by atoms with Crippen LogP contribution in [0.3, 0.4) is 0 Å². The van der Waals surface area contributed by atoms with Crippen LogP contribution >= 0.6 is 0 Å². The third-order valence-corrected chi connectivity index (χ3v) is 4.64. The molecule has 0 bridgehead atoms. The van der Waals surface area contributed by atoms with Gasteiger partial charge in [0, 0.05) is 19.6 Å². The zero-order valence-corrected chi connectivity index (χ0v) is 13.8. The molecule has 3 nitrogen and oxygen atoms in total. The van der Waals surface area contributed by atoms with Crippen LogP contribution in [0.2, 0.25) is 0 Å². The van der Waals surface area contributed by atoms with Crippen molar-refractivity contribution in [1.29, 1.82) is 0 Å². The number of hydrogen-bond acceptors (Lipinski definition) is 3. The van der Waals surface area contributed by atoms with E-state index in [4.69, 9.17) is 5.73 Å². The highest BCUT2D eigenvalue weighted by Gasteiger charge is 2.15. The highest BCUT2D eigenvalue weighted by Crippen LogP contribution is 2.17. The van der Waals surface area contributed by atoms with Crippen LogP contribution in [0.15, 0.2) is 18.2 Å². The zero-order valence-electron chi connectivity index (χ0n) is 13.8. The van der Waals surface area contributed by atoms with Gasteiger partial charge in [0.2, 0.25) is 0 Å². The first kappa shape index (κ1) is 16.5. The van der Waals surface area contributed by atoms with Crippen molar-refractivity contribution >= 4 is 0 Å². The van der Waals surface area contributed by atoms with Crippen molar-refractivity contribution in [2.45, 2.75) is 39.7 Å². The van der Waals surface area contributed by atoms with Crippen LogP contribution in [0.5, 0.6) is 0 Å². The first-order valence-electron chi connectivity index (χ1n) is 8.40. The molecule has 0 saturated carbocycles. The van der Waals surface area contributed by atoms with Gasteiger partial charge in [0.25, 0.3) is 0 Å². The molecule has 1 fully saturated rings. The van der Waals surface area contributed by atoms with E-state index in [1.807, 2.05) is 0 Å². The molecule has 21 heavy (non-hydrogen) atoms. The zero-order chi connectivity index (χ0) is 15.1. The predicted octanol–water partition coefficient (Wildman–Crippen LogP) is 2.55. The Kier molecular flexibility index (Phi) is 6.68. The maximum Gasteiger partial charge on any atom is 0.0239 e. The van der Waals surface area contributed by atoms with Crippen molar-refractivity contribution in [2.75, 3.05) is 39.3 Å². The Bertz CT molecular complexity index is 410. The Hall–Kier alpha value is -0.900. The molecular formula is C18H31N3. The van der Waals surface area contributed by atoms with Gasteiger partial charge in [0.1, 0.15) is 0 Å². The van der Waals surface area contributed by atoms with Crippen LogP contribution in [0, 0.1) is 13.8 Å². The average Bonchev–Trinajstić information content (AvgIpc) is 2.69. The highest BCUT2D eigenvalue weighted by atomic mass is 15.2. The average molecular weight is 289 g/mol. The smallest absolute Gasteiger partial charge is 0.0239 e. The summed E-state index contributed by atoms with van der Waals surface area (Å²) < 4.78 is 0. The number of nitrogens with zero attached hydrogens (tertiary/aromatic N) is 2. The van der Waals surface area contributed by atoms with Gasteiger partial charge in [0.05, 0.1) is 0 Å². The summed E-state index contributed by atoms with van der Waals surface area (Å²) in [5, 5.41) is 0. The second kappa shape index (κ2) is 8.52. The summed E-state index contributed by atoms with van der Waals surface area (Å²) in [6.45, 7) is 12.5. The first-order chi connectivity index (χ1) is 10.2. The number of unbranched alkanes of at least 4 members (excludes halogenated alkanes) is 1. The van der Waals surface area contributed by atoms with E-state index in [-0.39, 0.29) is 0 Å². The number of benzene rings is 1. The summed E-state index contributed by atoms with van der Waals surface area (Å²) in [6.07, 6.45) is 3.68. The summed E-state index contributed by atoms with van der Waals surface area (Å²) in [7, 11) is 0. The third kappa shape index (κ3) is 5.10. The maximum absolute atomic E-state index is 5.58. The molecule has 3 heteroatoms. The van der Waals surface area contributed by atoms with Crippen molar-refractivity contribution in [3.63, 3.8) is 0 Å². The minimum Gasteiger partial charge on any atom is -0.330 e. The number of hydrogen-bond donors (Lipinski definition) is 1. The molecule has 0 aliphatic carbocycles. The van der Waals surface area contributed by atoms with E-state index in [1.165, 1.54) is 62.3 Å². The van der Waals surface area contributed by atoms with Crippen LogP contribution < -0.4 is 5.73 Å². The molecule has 1 aromatic carbocycles. The minimum atomic E-state index is 0.826. The fourth-order valence-corrected chi connectivity index (χ4v) is 3.21. The van der Waals surface area contributed by atoms with Gasteiger partial charge >= 0.3 is 0 Å². The summed E-state index contributed by atoms with van der Waals surface area (Å²) in [6, 6.07) is 6.63. The van der Waals surface area contributed by atoms with Crippen LogP contribution in [-0.2, 0) is 6.54 Å². The SMILES string of the molecule is Cc1cccc(C)c1CN1CCCN(CCCCN)CC1. The molecule has 2 N–H and O–H groups in total. The van der Waals surface area contributed by atoms with Gasteiger partial charge in [-0.3, -0.25) is 4.90 Å². The van der Waals surface area contributed by atoms with Gasteiger partial charge in [0.15, 0.2) is 0 Å². The lowest BCUT2D eigenvalue weighted by molar-refractivity contribution is 0.249. The Morgan fingerprint density at radius 2 is 1.62 bits per heavy atom. The van der Waals surface area contributed by atoms with Gasteiger partial charge in [-0.15, -0.1) is 0 Å². The molecule has 1 heterocycles. The Morgan fingerprint density at radius 3 is 2.33 bits per heavy atom. The van der Waals surface area contributed by atoms with E-state index in [9.17, 15) is 0 Å². The Balaban J connectivity index is 1.85. The van der Waals surface area contributed by atoms with E-state index in [2.05, 4.69) is 41.8 Å². The van der Waals surface area contributed by atoms with Gasteiger partial charge < -0.3 is 10.6 Å². The summed E-state index contributed by atoms with van der Waals surface area (Å²) in [5.41, 5.74) is 9.97. The Morgan fingerprint density at radius 1 is 0.952 bits per heavy atom. The second-order valence-electron chi connectivity index (χ2n) is 6.34. The lowest BCUT2D eigenvalue weighted by Gasteiger charge is -2.23. The van der Waals surface area contributed by atoms with E-state index in [1.54, 1.807) is 0 Å². The van der Waals surface area contributed by atoms with Crippen molar-refractivity contribution in [1.82, 2.24) is 9.80 Å². The fourth-order valence-electron chi connectivity index (χ4n) is 3.21. The number of nitrogens with two attached hydrogens (primary N) is 1. The molecule has 1 aromatic rings. The molecule has 0 spiro atoms. The van der Waals surface area contributed by atoms with E-state index in [0.717, 1.165) is 19.5 Å². The quantitative estimate of drug-likeness (QED) is 0.817. The van der Waals surface area contributed by atoms with Gasteiger partial charge in [-0.2, -0.15) is 0 Å². The lowest BCUT2D eigenvalue weighted by Crippen LogP contribution is -2.31. The van der Waals surface area contributed by atoms with Crippen LogP contribution in [-0.4, -0.2) is 49.1 Å². The molecule has 0 radical (unpaired) electrons. The predicted molar refractivity (Wildman–Crippen MR) is 90.5 cm³/mol. The van der Waals surface area contributed by atoms with E-state index in [0.29, 0.717) is 0 Å². The molecule has 1 aliphatic rings. The lowest BCUT2D eigenvalue weighted by atomic mass is 10.0. The standard InChI is InChI=1S/C18H31N3/c1-16-7-5-8-17(2)18(16)15-21-12-6-11-20(13-14-21)10-4-3-9-19/h5,7-8H,3-4,6,9-15,19H2,1-2H3. The topological polar surface area (TPSA) is 32.5 Å². The van der Waals surface area contributed by atoms with Crippen molar-refractivity contribution in [3.8, 4) is 0 Å². The van der Waals surface area contributed by atoms with Crippen LogP contribution in [0.1, 0.15) is 36.0 Å². The van der Waals surface area contributed by atoms with Gasteiger partial charge in [-0.25, -0.2) is 0 Å². The highest BCUT2D eigenvalue weighted by molar-refractivity contribution is 5.33. The number of rotatable bonds is 6. The van der Waals surface area contributed by atoms with Crippen molar-refractivity contribution in [3.05, 3.63) is 34.9 Å².